The number of phenols is 1. The normalized spacial score (nSPS) is 10.4. The molecular formula is C9H9N3O2. The highest BCUT2D eigenvalue weighted by Gasteiger charge is 2.10. The van der Waals surface area contributed by atoms with Gasteiger partial charge in [0.15, 0.2) is 0 Å². The van der Waals surface area contributed by atoms with Crippen LogP contribution in [0, 0.1) is 0 Å². The summed E-state index contributed by atoms with van der Waals surface area (Å²) in [5.41, 5.74) is 3.23. The van der Waals surface area contributed by atoms with Crippen molar-refractivity contribution in [3.8, 4) is 5.75 Å². The molecule has 0 fully saturated rings. The van der Waals surface area contributed by atoms with Crippen LogP contribution in [0.3, 0.4) is 0 Å². The first-order valence-electron chi connectivity index (χ1n) is 4.03. The van der Waals surface area contributed by atoms with Gasteiger partial charge >= 0.3 is 0 Å². The number of aromatic hydroxyl groups is 1. The van der Waals surface area contributed by atoms with E-state index in [2.05, 4.69) is 4.98 Å². The summed E-state index contributed by atoms with van der Waals surface area (Å²) >= 11 is 0. The molecule has 0 unspecified atom stereocenters. The number of hydrazine groups is 1. The number of carbonyl (C=O) groups is 1. The summed E-state index contributed by atoms with van der Waals surface area (Å²) < 4.78 is 0. The number of fused-ring (bicyclic) bond motifs is 1. The highest BCUT2D eigenvalue weighted by Crippen LogP contribution is 2.22. The summed E-state index contributed by atoms with van der Waals surface area (Å²) in [6.45, 7) is 0. The molecular weight excluding hydrogens is 182 g/mol. The van der Waals surface area contributed by atoms with Gasteiger partial charge in [0, 0.05) is 17.1 Å². The Morgan fingerprint density at radius 3 is 3.00 bits per heavy atom. The van der Waals surface area contributed by atoms with Crippen LogP contribution in [0.2, 0.25) is 0 Å². The van der Waals surface area contributed by atoms with Crippen molar-refractivity contribution >= 4 is 16.8 Å². The number of hydrogen-bond acceptors (Lipinski definition) is 3. The highest BCUT2D eigenvalue weighted by atomic mass is 16.3. The van der Waals surface area contributed by atoms with E-state index in [1.54, 1.807) is 18.3 Å². The van der Waals surface area contributed by atoms with Crippen molar-refractivity contribution in [1.82, 2.24) is 10.4 Å². The molecule has 0 bridgehead atoms. The Hall–Kier alpha value is -2.01. The number of benzene rings is 1. The number of nitrogen functional groups attached to an aromatic ring is 1. The number of aromatic amines is 1. The second-order valence-corrected chi connectivity index (χ2v) is 2.91. The zero-order valence-corrected chi connectivity index (χ0v) is 7.24. The number of rotatable bonds is 1. The minimum absolute atomic E-state index is 0.114. The largest absolute Gasteiger partial charge is 0.508 e. The zero-order valence-electron chi connectivity index (χ0n) is 7.24. The minimum Gasteiger partial charge on any atom is -0.508 e. The fourth-order valence-electron chi connectivity index (χ4n) is 1.37. The minimum atomic E-state index is -0.387. The van der Waals surface area contributed by atoms with Gasteiger partial charge in [-0.05, 0) is 18.2 Å². The van der Waals surface area contributed by atoms with Crippen LogP contribution in [0.4, 0.5) is 0 Å². The van der Waals surface area contributed by atoms with Crippen LogP contribution in [0.15, 0.2) is 24.4 Å². The van der Waals surface area contributed by atoms with Gasteiger partial charge in [-0.2, -0.15) is 0 Å². The topological polar surface area (TPSA) is 91.1 Å². The molecule has 5 nitrogen and oxygen atoms in total. The molecule has 1 aromatic heterocycles. The molecule has 0 saturated carbocycles. The Kier molecular flexibility index (Phi) is 1.86. The monoisotopic (exact) mass is 191 g/mol. The average Bonchev–Trinajstić information content (AvgIpc) is 2.59. The molecule has 14 heavy (non-hydrogen) atoms. The van der Waals surface area contributed by atoms with E-state index in [1.807, 2.05) is 5.43 Å². The Bertz CT molecular complexity index is 490. The van der Waals surface area contributed by atoms with Crippen LogP contribution in [0.1, 0.15) is 10.4 Å². The molecule has 2 aromatic rings. The van der Waals surface area contributed by atoms with Gasteiger partial charge in [-0.25, -0.2) is 5.84 Å². The maximum atomic E-state index is 11.3. The molecule has 0 aliphatic carbocycles. The third-order valence-corrected chi connectivity index (χ3v) is 2.04. The number of carbonyl (C=O) groups excluding carboxylic acids is 1. The van der Waals surface area contributed by atoms with Crippen molar-refractivity contribution in [2.75, 3.05) is 0 Å². The van der Waals surface area contributed by atoms with Crippen LogP contribution in [0.25, 0.3) is 10.9 Å². The molecule has 0 spiro atoms. The zero-order chi connectivity index (χ0) is 10.1. The molecule has 0 aliphatic heterocycles. The standard InChI is InChI=1S/C9H9N3O2/c10-12-9(14)7-4-11-8-2-1-5(13)3-6(7)8/h1-4,11,13H,10H2,(H,12,14). The van der Waals surface area contributed by atoms with Gasteiger partial charge in [-0.1, -0.05) is 0 Å². The molecule has 0 saturated heterocycles. The number of aromatic nitrogens is 1. The van der Waals surface area contributed by atoms with Gasteiger partial charge in [0.05, 0.1) is 5.56 Å². The molecule has 0 aliphatic rings. The fraction of sp³-hybridized carbons (Fsp3) is 0. The van der Waals surface area contributed by atoms with Crippen molar-refractivity contribution < 1.29 is 9.90 Å². The Labute approximate surface area is 79.5 Å². The lowest BCUT2D eigenvalue weighted by molar-refractivity contribution is 0.0955. The van der Waals surface area contributed by atoms with E-state index in [9.17, 15) is 9.90 Å². The number of phenolic OH excluding ortho intramolecular Hbond substituents is 1. The molecule has 5 N–H and O–H groups in total. The van der Waals surface area contributed by atoms with Crippen molar-refractivity contribution in [3.05, 3.63) is 30.0 Å². The van der Waals surface area contributed by atoms with Gasteiger partial charge in [0.1, 0.15) is 5.75 Å². The first-order valence-corrected chi connectivity index (χ1v) is 4.03. The lowest BCUT2D eigenvalue weighted by Crippen LogP contribution is -2.29. The fourth-order valence-corrected chi connectivity index (χ4v) is 1.37. The summed E-state index contributed by atoms with van der Waals surface area (Å²) in [4.78, 5) is 14.2. The third-order valence-electron chi connectivity index (χ3n) is 2.04. The lowest BCUT2D eigenvalue weighted by atomic mass is 10.1. The smallest absolute Gasteiger partial charge is 0.267 e. The summed E-state index contributed by atoms with van der Waals surface area (Å²) in [6, 6.07) is 4.75. The molecule has 2 rings (SSSR count). The van der Waals surface area contributed by atoms with Gasteiger partial charge in [-0.3, -0.25) is 10.2 Å². The maximum Gasteiger partial charge on any atom is 0.267 e. The first-order chi connectivity index (χ1) is 6.72. The van der Waals surface area contributed by atoms with E-state index in [4.69, 9.17) is 5.84 Å². The number of hydrogen-bond donors (Lipinski definition) is 4. The van der Waals surface area contributed by atoms with Crippen LogP contribution >= 0.6 is 0 Å². The van der Waals surface area contributed by atoms with E-state index in [0.717, 1.165) is 5.52 Å². The SMILES string of the molecule is NNC(=O)c1c[nH]c2ccc(O)cc12. The number of nitrogens with one attached hydrogen (secondary N) is 2. The lowest BCUT2D eigenvalue weighted by Gasteiger charge is -1.97. The predicted octanol–water partition coefficient (Wildman–Crippen LogP) is 0.477. The van der Waals surface area contributed by atoms with Crippen LogP contribution in [-0.4, -0.2) is 16.0 Å². The predicted molar refractivity (Wildman–Crippen MR) is 51.6 cm³/mol. The summed E-state index contributed by atoms with van der Waals surface area (Å²) in [5.74, 6) is 4.74. The van der Waals surface area contributed by atoms with E-state index >= 15 is 0 Å². The average molecular weight is 191 g/mol. The summed E-state index contributed by atoms with van der Waals surface area (Å²) in [5, 5.41) is 9.90. The van der Waals surface area contributed by atoms with E-state index < -0.39 is 0 Å². The number of H-pyrrole nitrogens is 1. The van der Waals surface area contributed by atoms with Crippen LogP contribution in [0.5, 0.6) is 5.75 Å². The molecule has 1 amide bonds. The number of amides is 1. The van der Waals surface area contributed by atoms with Crippen molar-refractivity contribution in [3.63, 3.8) is 0 Å². The molecule has 0 radical (unpaired) electrons. The second kappa shape index (κ2) is 3.04. The Balaban J connectivity index is 2.67. The molecule has 1 aromatic carbocycles. The van der Waals surface area contributed by atoms with Crippen molar-refractivity contribution in [1.29, 1.82) is 0 Å². The molecule has 0 atom stereocenters. The summed E-state index contributed by atoms with van der Waals surface area (Å²) in [6.07, 6.45) is 1.55. The van der Waals surface area contributed by atoms with Crippen molar-refractivity contribution in [2.45, 2.75) is 0 Å². The van der Waals surface area contributed by atoms with Gasteiger partial charge < -0.3 is 10.1 Å². The van der Waals surface area contributed by atoms with Gasteiger partial charge in [-0.15, -0.1) is 0 Å². The van der Waals surface area contributed by atoms with Gasteiger partial charge in [0.2, 0.25) is 0 Å². The molecule has 5 heteroatoms. The highest BCUT2D eigenvalue weighted by molar-refractivity contribution is 6.06. The van der Waals surface area contributed by atoms with Gasteiger partial charge in [0.25, 0.3) is 5.91 Å². The van der Waals surface area contributed by atoms with E-state index in [0.29, 0.717) is 10.9 Å². The molecule has 1 heterocycles. The second-order valence-electron chi connectivity index (χ2n) is 2.91. The third kappa shape index (κ3) is 1.20. The number of nitrogens with two attached hydrogens (primary N) is 1. The van der Waals surface area contributed by atoms with E-state index in [1.165, 1.54) is 6.07 Å². The Morgan fingerprint density at radius 2 is 2.29 bits per heavy atom. The van der Waals surface area contributed by atoms with E-state index in [-0.39, 0.29) is 11.7 Å². The Morgan fingerprint density at radius 1 is 1.50 bits per heavy atom. The van der Waals surface area contributed by atoms with Crippen molar-refractivity contribution in [2.24, 2.45) is 5.84 Å². The quantitative estimate of drug-likeness (QED) is 0.300. The van der Waals surface area contributed by atoms with Crippen LogP contribution in [-0.2, 0) is 0 Å². The van der Waals surface area contributed by atoms with Crippen LogP contribution < -0.4 is 11.3 Å². The maximum absolute atomic E-state index is 11.3. The molecule has 72 valence electrons. The first kappa shape index (κ1) is 8.58. The summed E-state index contributed by atoms with van der Waals surface area (Å²) in [7, 11) is 0.